The summed E-state index contributed by atoms with van der Waals surface area (Å²) < 4.78 is 3.95. The number of hydrogen-bond donors (Lipinski definition) is 1. The summed E-state index contributed by atoms with van der Waals surface area (Å²) in [4.78, 5) is 29.7. The van der Waals surface area contributed by atoms with Crippen molar-refractivity contribution in [2.45, 2.75) is 6.42 Å². The molecule has 0 aromatic heterocycles. The first kappa shape index (κ1) is 14.0. The maximum absolute atomic E-state index is 10.3. The number of carbonyl (C=O) groups is 3. The van der Waals surface area contributed by atoms with Crippen molar-refractivity contribution in [1.82, 2.24) is 0 Å². The number of ether oxygens (including phenoxy) is 1. The molecule has 0 aliphatic carbocycles. The Balaban J connectivity index is 0. The Morgan fingerprint density at radius 3 is 2.17 bits per heavy atom. The van der Waals surface area contributed by atoms with Crippen LogP contribution in [0, 0.1) is 0 Å². The van der Waals surface area contributed by atoms with Gasteiger partial charge in [-0.2, -0.15) is 0 Å². The number of hydrogen-bond acceptors (Lipinski definition) is 5. The van der Waals surface area contributed by atoms with Gasteiger partial charge in [-0.25, -0.2) is 4.79 Å². The Labute approximate surface area is 89.8 Å². The Bertz CT molecular complexity index is 188. The van der Waals surface area contributed by atoms with Crippen LogP contribution in [0.1, 0.15) is 6.42 Å². The molecule has 0 heterocycles. The van der Waals surface area contributed by atoms with Gasteiger partial charge in [0.05, 0.1) is 12.4 Å². The van der Waals surface area contributed by atoms with Gasteiger partial charge in [0.2, 0.25) is 0 Å². The van der Waals surface area contributed by atoms with E-state index in [1.807, 2.05) is 0 Å². The summed E-state index contributed by atoms with van der Waals surface area (Å²) in [6.07, 6.45) is -0.923. The van der Waals surface area contributed by atoms with Crippen LogP contribution in [0.5, 0.6) is 0 Å². The summed E-state index contributed by atoms with van der Waals surface area (Å²) in [7, 11) is 0. The predicted molar refractivity (Wildman–Crippen MR) is 28.2 cm³/mol. The molecule has 6 nitrogen and oxygen atoms in total. The molecule has 0 rings (SSSR count). The van der Waals surface area contributed by atoms with E-state index in [-0.39, 0.29) is 29.6 Å². The van der Waals surface area contributed by atoms with Crippen LogP contribution in [0.15, 0.2) is 0 Å². The minimum Gasteiger partial charge on any atom is -0.550 e. The molecule has 0 saturated carbocycles. The van der Waals surface area contributed by atoms with Gasteiger partial charge >= 0.3 is 41.5 Å². The van der Waals surface area contributed by atoms with Crippen molar-refractivity contribution in [1.29, 1.82) is 0 Å². The average molecular weight is 184 g/mol. The third-order valence-electron chi connectivity index (χ3n) is 0.645. The van der Waals surface area contributed by atoms with Gasteiger partial charge in [-0.15, -0.1) is 0 Å². The molecule has 0 aliphatic rings. The Morgan fingerprint density at radius 2 is 1.83 bits per heavy atom. The third-order valence-corrected chi connectivity index (χ3v) is 0.645. The molecule has 0 aromatic rings. The average Bonchev–Trinajstić information content (AvgIpc) is 1.82. The summed E-state index contributed by atoms with van der Waals surface area (Å²) in [6.45, 7) is -0.827. The van der Waals surface area contributed by atoms with Gasteiger partial charge in [0.15, 0.2) is 6.61 Å². The number of carboxylic acid groups (broad SMARTS) is 2. The van der Waals surface area contributed by atoms with Crippen LogP contribution in [0.4, 0.5) is 0 Å². The first-order chi connectivity index (χ1) is 5.02. The van der Waals surface area contributed by atoms with E-state index in [9.17, 15) is 19.5 Å². The molecule has 1 N–H and O–H groups in total. The molecule has 0 aliphatic heterocycles. The van der Waals surface area contributed by atoms with E-state index >= 15 is 0 Å². The van der Waals surface area contributed by atoms with Gasteiger partial charge in [0.25, 0.3) is 0 Å². The number of carbonyl (C=O) groups excluding carboxylic acids is 2. The SMILES string of the molecule is O=C([O-])CC(=O)OCC(=O)O.[Na+]. The van der Waals surface area contributed by atoms with Crippen LogP contribution in [-0.2, 0) is 19.1 Å². The third kappa shape index (κ3) is 9.41. The standard InChI is InChI=1S/C5H6O6.Na/c6-3(7)1-5(10)11-2-4(8)9;/h1-2H2,(H,6,7)(H,8,9);/q;+1/p-1. The van der Waals surface area contributed by atoms with Gasteiger partial charge in [0, 0.05) is 0 Å². The fourth-order valence-corrected chi connectivity index (χ4v) is 0.311. The Morgan fingerprint density at radius 1 is 1.33 bits per heavy atom. The number of carboxylic acids is 2. The molecule has 0 amide bonds. The summed E-state index contributed by atoms with van der Waals surface area (Å²) >= 11 is 0. The first-order valence-electron chi connectivity index (χ1n) is 2.59. The predicted octanol–water partition coefficient (Wildman–Crippen LogP) is -5.24. The zero-order valence-electron chi connectivity index (χ0n) is 6.40. The number of esters is 1. The van der Waals surface area contributed by atoms with Crippen molar-refractivity contribution >= 4 is 17.9 Å². The van der Waals surface area contributed by atoms with E-state index in [4.69, 9.17) is 5.11 Å². The maximum Gasteiger partial charge on any atom is 1.00 e. The molecule has 12 heavy (non-hydrogen) atoms. The largest absolute Gasteiger partial charge is 1.00 e. The van der Waals surface area contributed by atoms with Crippen molar-refractivity contribution in [3.8, 4) is 0 Å². The minimum absolute atomic E-state index is 0. The molecule has 0 unspecified atom stereocenters. The Kier molecular flexibility index (Phi) is 8.24. The van der Waals surface area contributed by atoms with E-state index in [1.54, 1.807) is 0 Å². The monoisotopic (exact) mass is 184 g/mol. The van der Waals surface area contributed by atoms with Gasteiger partial charge in [-0.3, -0.25) is 4.79 Å². The zero-order chi connectivity index (χ0) is 8.85. The van der Waals surface area contributed by atoms with Gasteiger partial charge < -0.3 is 19.7 Å². The van der Waals surface area contributed by atoms with Crippen molar-refractivity contribution in [2.24, 2.45) is 0 Å². The molecule has 7 heteroatoms. The van der Waals surface area contributed by atoms with Crippen LogP contribution >= 0.6 is 0 Å². The fourth-order valence-electron chi connectivity index (χ4n) is 0.311. The topological polar surface area (TPSA) is 104 Å². The summed E-state index contributed by atoms with van der Waals surface area (Å²) in [5.74, 6) is -4.05. The van der Waals surface area contributed by atoms with E-state index in [0.29, 0.717) is 0 Å². The molecule has 0 bridgehead atoms. The van der Waals surface area contributed by atoms with Gasteiger partial charge in [-0.05, 0) is 0 Å². The molecule has 0 spiro atoms. The molecule has 0 aromatic carbocycles. The van der Waals surface area contributed by atoms with Crippen LogP contribution in [0.2, 0.25) is 0 Å². The normalized spacial score (nSPS) is 8.00. The number of rotatable bonds is 4. The Hall–Kier alpha value is -0.590. The zero-order valence-corrected chi connectivity index (χ0v) is 8.40. The summed E-state index contributed by atoms with van der Waals surface area (Å²) in [6, 6.07) is 0. The second-order valence-corrected chi connectivity index (χ2v) is 1.60. The molecule has 0 fully saturated rings. The second kappa shape index (κ2) is 7.08. The quantitative estimate of drug-likeness (QED) is 0.266. The fraction of sp³-hybridized carbons (Fsp3) is 0.400. The summed E-state index contributed by atoms with van der Waals surface area (Å²) in [5, 5.41) is 17.7. The van der Waals surface area contributed by atoms with Crippen molar-refractivity contribution in [3.05, 3.63) is 0 Å². The number of aliphatic carboxylic acids is 2. The van der Waals surface area contributed by atoms with Crippen LogP contribution in [0.3, 0.4) is 0 Å². The van der Waals surface area contributed by atoms with Crippen LogP contribution < -0.4 is 34.7 Å². The minimum atomic E-state index is -1.60. The van der Waals surface area contributed by atoms with Crippen molar-refractivity contribution < 1.29 is 58.9 Å². The molecule has 0 saturated heterocycles. The van der Waals surface area contributed by atoms with Crippen LogP contribution in [-0.4, -0.2) is 29.6 Å². The molecule has 0 radical (unpaired) electrons. The van der Waals surface area contributed by atoms with Crippen molar-refractivity contribution in [2.75, 3.05) is 6.61 Å². The summed E-state index contributed by atoms with van der Waals surface area (Å²) in [5.41, 5.74) is 0. The smallest absolute Gasteiger partial charge is 0.550 e. The maximum atomic E-state index is 10.3. The molecule has 0 atom stereocenters. The molecular formula is C5H5NaO6. The molecular weight excluding hydrogens is 179 g/mol. The first-order valence-corrected chi connectivity index (χ1v) is 2.59. The van der Waals surface area contributed by atoms with E-state index < -0.39 is 30.9 Å². The second-order valence-electron chi connectivity index (χ2n) is 1.60. The van der Waals surface area contributed by atoms with E-state index in [0.717, 1.165) is 0 Å². The van der Waals surface area contributed by atoms with Gasteiger partial charge in [0.1, 0.15) is 0 Å². The van der Waals surface area contributed by atoms with E-state index in [2.05, 4.69) is 4.74 Å². The van der Waals surface area contributed by atoms with Gasteiger partial charge in [-0.1, -0.05) is 0 Å². The van der Waals surface area contributed by atoms with E-state index in [1.165, 1.54) is 0 Å². The van der Waals surface area contributed by atoms with Crippen molar-refractivity contribution in [3.63, 3.8) is 0 Å². The van der Waals surface area contributed by atoms with Crippen LogP contribution in [0.25, 0.3) is 0 Å². The molecule has 62 valence electrons.